The molecule has 0 spiro atoms. The van der Waals surface area contributed by atoms with E-state index in [4.69, 9.17) is 16.3 Å². The van der Waals surface area contributed by atoms with Gasteiger partial charge in [0.25, 0.3) is 5.91 Å². The molecule has 8 heteroatoms. The van der Waals surface area contributed by atoms with Gasteiger partial charge in [0.2, 0.25) is 0 Å². The number of hydrogen-bond acceptors (Lipinski definition) is 5. The van der Waals surface area contributed by atoms with Crippen LogP contribution in [0.5, 0.6) is 5.75 Å². The predicted molar refractivity (Wildman–Crippen MR) is 107 cm³/mol. The van der Waals surface area contributed by atoms with Gasteiger partial charge >= 0.3 is 0 Å². The summed E-state index contributed by atoms with van der Waals surface area (Å²) in [5, 5.41) is 12.0. The molecule has 0 aliphatic heterocycles. The van der Waals surface area contributed by atoms with Crippen LogP contribution in [0.15, 0.2) is 54.7 Å². The minimum Gasteiger partial charge on any atom is -0.497 e. The van der Waals surface area contributed by atoms with Crippen molar-refractivity contribution in [3.8, 4) is 11.4 Å². The van der Waals surface area contributed by atoms with Crippen LogP contribution in [0.25, 0.3) is 16.7 Å². The van der Waals surface area contributed by atoms with Gasteiger partial charge < -0.3 is 10.1 Å². The first-order valence-electron chi connectivity index (χ1n) is 8.49. The molecular weight excluding hydrogens is 378 g/mol. The summed E-state index contributed by atoms with van der Waals surface area (Å²) in [4.78, 5) is 18.0. The maximum absolute atomic E-state index is 12.5. The normalized spacial score (nSPS) is 10.8. The number of fused-ring (bicyclic) bond motifs is 1. The summed E-state index contributed by atoms with van der Waals surface area (Å²) in [5.74, 6) is 0.429. The lowest BCUT2D eigenvalue weighted by atomic mass is 10.1. The molecule has 0 saturated heterocycles. The fourth-order valence-electron chi connectivity index (χ4n) is 2.78. The minimum atomic E-state index is -0.330. The second kappa shape index (κ2) is 7.28. The molecule has 0 aliphatic carbocycles. The van der Waals surface area contributed by atoms with E-state index >= 15 is 0 Å². The third-order valence-corrected chi connectivity index (χ3v) is 4.58. The number of carbonyl (C=O) groups is 1. The standard InChI is InChI=1S/C20H16ClN5O2/c1-12-10-17-18(25-26(24-17)13-5-7-14(28-2)8-6-13)11-16(12)23-20(27)15-4-3-9-22-19(15)21/h3-11H,1-2H3,(H,23,27). The zero-order valence-corrected chi connectivity index (χ0v) is 15.9. The number of anilines is 1. The highest BCUT2D eigenvalue weighted by molar-refractivity contribution is 6.33. The summed E-state index contributed by atoms with van der Waals surface area (Å²) >= 11 is 6.01. The van der Waals surface area contributed by atoms with Crippen LogP contribution in [0.3, 0.4) is 0 Å². The molecule has 4 rings (SSSR count). The Bertz CT molecular complexity index is 1170. The average molecular weight is 394 g/mol. The molecule has 1 amide bonds. The molecule has 2 aromatic heterocycles. The van der Waals surface area contributed by atoms with E-state index in [2.05, 4.69) is 20.5 Å². The molecule has 0 unspecified atom stereocenters. The second-order valence-corrected chi connectivity index (χ2v) is 6.50. The van der Waals surface area contributed by atoms with Crippen molar-refractivity contribution in [2.24, 2.45) is 0 Å². The van der Waals surface area contributed by atoms with Crippen molar-refractivity contribution in [3.05, 3.63) is 71.0 Å². The number of halogens is 1. The van der Waals surface area contributed by atoms with Gasteiger partial charge in [-0.15, -0.1) is 10.2 Å². The van der Waals surface area contributed by atoms with Gasteiger partial charge in [-0.05, 0) is 61.0 Å². The van der Waals surface area contributed by atoms with Gasteiger partial charge in [0.15, 0.2) is 0 Å². The molecule has 0 saturated carbocycles. The number of benzene rings is 2. The van der Waals surface area contributed by atoms with Crippen LogP contribution in [0.2, 0.25) is 5.15 Å². The molecule has 4 aromatic rings. The van der Waals surface area contributed by atoms with Gasteiger partial charge in [-0.2, -0.15) is 4.80 Å². The molecule has 0 atom stereocenters. The summed E-state index contributed by atoms with van der Waals surface area (Å²) in [6, 6.07) is 14.4. The fraction of sp³-hybridized carbons (Fsp3) is 0.100. The number of nitrogens with zero attached hydrogens (tertiary/aromatic N) is 4. The second-order valence-electron chi connectivity index (χ2n) is 6.14. The molecular formula is C20H16ClN5O2. The van der Waals surface area contributed by atoms with E-state index < -0.39 is 0 Å². The highest BCUT2D eigenvalue weighted by atomic mass is 35.5. The molecule has 0 fully saturated rings. The number of amides is 1. The fourth-order valence-corrected chi connectivity index (χ4v) is 2.98. The van der Waals surface area contributed by atoms with Crippen molar-refractivity contribution in [1.29, 1.82) is 0 Å². The number of methoxy groups -OCH3 is 1. The Morgan fingerprint density at radius 2 is 1.82 bits per heavy atom. The number of pyridine rings is 1. The van der Waals surface area contributed by atoms with Crippen LogP contribution in [-0.2, 0) is 0 Å². The molecule has 140 valence electrons. The van der Waals surface area contributed by atoms with E-state index in [0.29, 0.717) is 16.8 Å². The van der Waals surface area contributed by atoms with Crippen molar-refractivity contribution in [2.75, 3.05) is 12.4 Å². The number of ether oxygens (including phenoxy) is 1. The molecule has 1 N–H and O–H groups in total. The lowest BCUT2D eigenvalue weighted by molar-refractivity contribution is 0.102. The van der Waals surface area contributed by atoms with Crippen molar-refractivity contribution < 1.29 is 9.53 Å². The highest BCUT2D eigenvalue weighted by Gasteiger charge is 2.14. The maximum Gasteiger partial charge on any atom is 0.258 e. The van der Waals surface area contributed by atoms with Crippen LogP contribution in [0, 0.1) is 6.92 Å². The van der Waals surface area contributed by atoms with Crippen molar-refractivity contribution in [2.45, 2.75) is 6.92 Å². The van der Waals surface area contributed by atoms with Gasteiger partial charge in [-0.25, -0.2) is 4.98 Å². The highest BCUT2D eigenvalue weighted by Crippen LogP contribution is 2.24. The average Bonchev–Trinajstić information content (AvgIpc) is 3.11. The zero-order valence-electron chi connectivity index (χ0n) is 15.2. The molecule has 0 bridgehead atoms. The van der Waals surface area contributed by atoms with E-state index in [0.717, 1.165) is 22.5 Å². The topological polar surface area (TPSA) is 81.9 Å². The number of aryl methyl sites for hydroxylation is 1. The Labute approximate surface area is 165 Å². The van der Waals surface area contributed by atoms with Gasteiger partial charge in [0.1, 0.15) is 21.9 Å². The molecule has 2 heterocycles. The van der Waals surface area contributed by atoms with Crippen LogP contribution in [-0.4, -0.2) is 33.0 Å². The molecule has 0 aliphatic rings. The van der Waals surface area contributed by atoms with Gasteiger partial charge in [-0.3, -0.25) is 4.79 Å². The molecule has 2 aromatic carbocycles. The number of aromatic nitrogens is 4. The van der Waals surface area contributed by atoms with Crippen molar-refractivity contribution >= 4 is 34.2 Å². The maximum atomic E-state index is 12.5. The Hall–Kier alpha value is -3.45. The third-order valence-electron chi connectivity index (χ3n) is 4.28. The first kappa shape index (κ1) is 17.9. The zero-order chi connectivity index (χ0) is 19.7. The van der Waals surface area contributed by atoms with Crippen LogP contribution in [0.4, 0.5) is 5.69 Å². The summed E-state index contributed by atoms with van der Waals surface area (Å²) in [6.45, 7) is 1.90. The van der Waals surface area contributed by atoms with Crippen LogP contribution in [0.1, 0.15) is 15.9 Å². The summed E-state index contributed by atoms with van der Waals surface area (Å²) < 4.78 is 5.17. The predicted octanol–water partition coefficient (Wildman–Crippen LogP) is 4.04. The Balaban J connectivity index is 1.66. The van der Waals surface area contributed by atoms with Crippen molar-refractivity contribution in [1.82, 2.24) is 20.0 Å². The van der Waals surface area contributed by atoms with Crippen LogP contribution >= 0.6 is 11.6 Å². The Morgan fingerprint density at radius 3 is 2.50 bits per heavy atom. The lowest BCUT2D eigenvalue weighted by Gasteiger charge is -2.08. The first-order chi connectivity index (χ1) is 13.5. The smallest absolute Gasteiger partial charge is 0.258 e. The van der Waals surface area contributed by atoms with E-state index in [1.807, 2.05) is 37.3 Å². The Kier molecular flexibility index (Phi) is 4.67. The number of hydrogen-bond donors (Lipinski definition) is 1. The van der Waals surface area contributed by atoms with E-state index in [9.17, 15) is 4.79 Å². The Morgan fingerprint density at radius 1 is 1.11 bits per heavy atom. The summed E-state index contributed by atoms with van der Waals surface area (Å²) in [6.07, 6.45) is 1.54. The van der Waals surface area contributed by atoms with Gasteiger partial charge in [-0.1, -0.05) is 11.6 Å². The number of nitrogens with one attached hydrogen (secondary N) is 1. The summed E-state index contributed by atoms with van der Waals surface area (Å²) in [7, 11) is 1.62. The van der Waals surface area contributed by atoms with E-state index in [1.165, 1.54) is 6.20 Å². The summed E-state index contributed by atoms with van der Waals surface area (Å²) in [5.41, 5.74) is 4.01. The first-order valence-corrected chi connectivity index (χ1v) is 8.87. The molecule has 0 radical (unpaired) electrons. The minimum absolute atomic E-state index is 0.157. The quantitative estimate of drug-likeness (QED) is 0.529. The SMILES string of the molecule is COc1ccc(-n2nc3cc(C)c(NC(=O)c4cccnc4Cl)cc3n2)cc1. The van der Waals surface area contributed by atoms with Crippen molar-refractivity contribution in [3.63, 3.8) is 0 Å². The molecule has 28 heavy (non-hydrogen) atoms. The van der Waals surface area contributed by atoms with E-state index in [-0.39, 0.29) is 11.1 Å². The number of carbonyl (C=O) groups excluding carboxylic acids is 1. The molecule has 7 nitrogen and oxygen atoms in total. The van der Waals surface area contributed by atoms with E-state index in [1.54, 1.807) is 30.1 Å². The monoisotopic (exact) mass is 393 g/mol. The van der Waals surface area contributed by atoms with Gasteiger partial charge in [0, 0.05) is 11.9 Å². The lowest BCUT2D eigenvalue weighted by Crippen LogP contribution is -2.13. The largest absolute Gasteiger partial charge is 0.497 e. The number of rotatable bonds is 4. The van der Waals surface area contributed by atoms with Gasteiger partial charge in [0.05, 0.1) is 18.4 Å². The third kappa shape index (κ3) is 3.39. The van der Waals surface area contributed by atoms with Crippen LogP contribution < -0.4 is 10.1 Å².